The first-order chi connectivity index (χ1) is 8.31. The van der Waals surface area contributed by atoms with Gasteiger partial charge in [-0.05, 0) is 55.3 Å². The van der Waals surface area contributed by atoms with Crippen LogP contribution in [0.15, 0.2) is 24.3 Å². The topological polar surface area (TPSA) is 12.0 Å². The highest BCUT2D eigenvalue weighted by Crippen LogP contribution is 2.38. The minimum atomic E-state index is -0.136. The molecule has 1 N–H and O–H groups in total. The maximum absolute atomic E-state index is 12.9. The van der Waals surface area contributed by atoms with Crippen molar-refractivity contribution < 1.29 is 4.39 Å². The highest BCUT2D eigenvalue weighted by molar-refractivity contribution is 5.22. The molecule has 0 aromatic heterocycles. The standard InChI is InChI=1S/C15H22FN/c1-2-10-17-11-15(12-4-3-5-12)13-6-8-14(16)9-7-13/h6-9,12,15,17H,2-5,10-11H2,1H3. The lowest BCUT2D eigenvalue weighted by Crippen LogP contribution is -2.30. The first kappa shape index (κ1) is 12.6. The van der Waals surface area contributed by atoms with Crippen molar-refractivity contribution in [1.29, 1.82) is 0 Å². The van der Waals surface area contributed by atoms with Gasteiger partial charge in [0.1, 0.15) is 5.82 Å². The second kappa shape index (κ2) is 6.15. The van der Waals surface area contributed by atoms with Gasteiger partial charge in [0.25, 0.3) is 0 Å². The van der Waals surface area contributed by atoms with Gasteiger partial charge in [-0.3, -0.25) is 0 Å². The van der Waals surface area contributed by atoms with Crippen LogP contribution in [0.25, 0.3) is 0 Å². The molecule has 1 atom stereocenters. The van der Waals surface area contributed by atoms with E-state index in [0.717, 1.165) is 19.0 Å². The molecule has 1 saturated carbocycles. The van der Waals surface area contributed by atoms with E-state index in [4.69, 9.17) is 0 Å². The van der Waals surface area contributed by atoms with E-state index >= 15 is 0 Å². The van der Waals surface area contributed by atoms with Crippen molar-refractivity contribution in [1.82, 2.24) is 5.32 Å². The maximum Gasteiger partial charge on any atom is 0.123 e. The van der Waals surface area contributed by atoms with Gasteiger partial charge in [0.05, 0.1) is 0 Å². The molecule has 1 unspecified atom stereocenters. The highest BCUT2D eigenvalue weighted by Gasteiger charge is 2.27. The second-order valence-corrected chi connectivity index (χ2v) is 5.05. The molecule has 0 saturated heterocycles. The molecule has 0 heterocycles. The van der Waals surface area contributed by atoms with E-state index in [1.807, 2.05) is 12.1 Å². The lowest BCUT2D eigenvalue weighted by Gasteiger charge is -2.34. The summed E-state index contributed by atoms with van der Waals surface area (Å²) in [5, 5.41) is 3.50. The lowest BCUT2D eigenvalue weighted by molar-refractivity contribution is 0.255. The van der Waals surface area contributed by atoms with Gasteiger partial charge in [-0.2, -0.15) is 0 Å². The zero-order valence-electron chi connectivity index (χ0n) is 10.6. The Morgan fingerprint density at radius 3 is 2.53 bits per heavy atom. The predicted molar refractivity (Wildman–Crippen MR) is 69.6 cm³/mol. The average molecular weight is 235 g/mol. The molecule has 94 valence electrons. The van der Waals surface area contributed by atoms with Gasteiger partial charge in [-0.1, -0.05) is 25.5 Å². The first-order valence-corrected chi connectivity index (χ1v) is 6.77. The summed E-state index contributed by atoms with van der Waals surface area (Å²) in [7, 11) is 0. The number of halogens is 1. The van der Waals surface area contributed by atoms with Crippen molar-refractivity contribution >= 4 is 0 Å². The van der Waals surface area contributed by atoms with Crippen molar-refractivity contribution in [2.45, 2.75) is 38.5 Å². The Bertz CT molecular complexity index is 329. The van der Waals surface area contributed by atoms with E-state index in [0.29, 0.717) is 5.92 Å². The zero-order chi connectivity index (χ0) is 12.1. The summed E-state index contributed by atoms with van der Waals surface area (Å²) in [5.41, 5.74) is 1.29. The summed E-state index contributed by atoms with van der Waals surface area (Å²) in [6.07, 6.45) is 5.18. The summed E-state index contributed by atoms with van der Waals surface area (Å²) >= 11 is 0. The molecule has 1 aromatic rings. The Hall–Kier alpha value is -0.890. The van der Waals surface area contributed by atoms with Gasteiger partial charge in [0, 0.05) is 6.54 Å². The Morgan fingerprint density at radius 1 is 1.29 bits per heavy atom. The van der Waals surface area contributed by atoms with Crippen molar-refractivity contribution in [3.63, 3.8) is 0 Å². The number of nitrogens with one attached hydrogen (secondary N) is 1. The van der Waals surface area contributed by atoms with Gasteiger partial charge in [-0.15, -0.1) is 0 Å². The zero-order valence-corrected chi connectivity index (χ0v) is 10.6. The molecule has 1 aliphatic rings. The number of benzene rings is 1. The molecule has 17 heavy (non-hydrogen) atoms. The Labute approximate surface area is 103 Å². The second-order valence-electron chi connectivity index (χ2n) is 5.05. The van der Waals surface area contributed by atoms with E-state index in [1.54, 1.807) is 12.1 Å². The third kappa shape index (κ3) is 3.29. The quantitative estimate of drug-likeness (QED) is 0.741. The van der Waals surface area contributed by atoms with Gasteiger partial charge in [0.15, 0.2) is 0 Å². The fraction of sp³-hybridized carbons (Fsp3) is 0.600. The molecule has 1 aromatic carbocycles. The Kier molecular flexibility index (Phi) is 4.55. The van der Waals surface area contributed by atoms with Crippen LogP contribution < -0.4 is 5.32 Å². The number of rotatable bonds is 6. The van der Waals surface area contributed by atoms with Crippen molar-refractivity contribution in [3.05, 3.63) is 35.6 Å². The van der Waals surface area contributed by atoms with E-state index < -0.39 is 0 Å². The van der Waals surface area contributed by atoms with Crippen LogP contribution in [0.2, 0.25) is 0 Å². The van der Waals surface area contributed by atoms with Gasteiger partial charge in [-0.25, -0.2) is 4.39 Å². The third-order valence-corrected chi connectivity index (χ3v) is 3.81. The van der Waals surface area contributed by atoms with Crippen molar-refractivity contribution in [2.75, 3.05) is 13.1 Å². The Morgan fingerprint density at radius 2 is 2.00 bits per heavy atom. The molecule has 2 rings (SSSR count). The summed E-state index contributed by atoms with van der Waals surface area (Å²) in [6, 6.07) is 7.07. The van der Waals surface area contributed by atoms with Crippen LogP contribution in [-0.4, -0.2) is 13.1 Å². The number of hydrogen-bond acceptors (Lipinski definition) is 1. The van der Waals surface area contributed by atoms with Crippen LogP contribution in [0.1, 0.15) is 44.1 Å². The van der Waals surface area contributed by atoms with Crippen LogP contribution in [0.3, 0.4) is 0 Å². The normalized spacial score (nSPS) is 17.8. The summed E-state index contributed by atoms with van der Waals surface area (Å²) in [5.74, 6) is 1.23. The monoisotopic (exact) mass is 235 g/mol. The fourth-order valence-corrected chi connectivity index (χ4v) is 2.54. The first-order valence-electron chi connectivity index (χ1n) is 6.77. The number of hydrogen-bond donors (Lipinski definition) is 1. The molecule has 0 aliphatic heterocycles. The minimum Gasteiger partial charge on any atom is -0.316 e. The van der Waals surface area contributed by atoms with Crippen LogP contribution in [0.4, 0.5) is 4.39 Å². The molecular weight excluding hydrogens is 213 g/mol. The largest absolute Gasteiger partial charge is 0.316 e. The smallest absolute Gasteiger partial charge is 0.123 e. The molecular formula is C15H22FN. The van der Waals surface area contributed by atoms with Gasteiger partial charge >= 0.3 is 0 Å². The molecule has 1 fully saturated rings. The summed E-state index contributed by atoms with van der Waals surface area (Å²) in [6.45, 7) is 4.29. The lowest BCUT2D eigenvalue weighted by atomic mass is 9.73. The van der Waals surface area contributed by atoms with Crippen LogP contribution in [0, 0.1) is 11.7 Å². The highest BCUT2D eigenvalue weighted by atomic mass is 19.1. The van der Waals surface area contributed by atoms with Crippen LogP contribution >= 0.6 is 0 Å². The molecule has 1 nitrogen and oxygen atoms in total. The van der Waals surface area contributed by atoms with E-state index in [1.165, 1.54) is 31.2 Å². The minimum absolute atomic E-state index is 0.136. The van der Waals surface area contributed by atoms with Crippen molar-refractivity contribution in [2.24, 2.45) is 5.92 Å². The maximum atomic E-state index is 12.9. The summed E-state index contributed by atoms with van der Waals surface area (Å²) in [4.78, 5) is 0. The molecule has 0 bridgehead atoms. The van der Waals surface area contributed by atoms with Gasteiger partial charge < -0.3 is 5.32 Å². The SMILES string of the molecule is CCCNCC(c1ccc(F)cc1)C1CCC1. The van der Waals surface area contributed by atoms with Crippen molar-refractivity contribution in [3.8, 4) is 0 Å². The molecule has 0 spiro atoms. The van der Waals surface area contributed by atoms with Gasteiger partial charge in [0.2, 0.25) is 0 Å². The van der Waals surface area contributed by atoms with E-state index in [2.05, 4.69) is 12.2 Å². The van der Waals surface area contributed by atoms with E-state index in [-0.39, 0.29) is 5.82 Å². The van der Waals surface area contributed by atoms with E-state index in [9.17, 15) is 4.39 Å². The molecule has 0 radical (unpaired) electrons. The fourth-order valence-electron chi connectivity index (χ4n) is 2.54. The van der Waals surface area contributed by atoms with Crippen LogP contribution in [0.5, 0.6) is 0 Å². The Balaban J connectivity index is 2.00. The van der Waals surface area contributed by atoms with Crippen LogP contribution in [-0.2, 0) is 0 Å². The average Bonchev–Trinajstić information content (AvgIpc) is 2.27. The molecule has 1 aliphatic carbocycles. The third-order valence-electron chi connectivity index (χ3n) is 3.81. The molecule has 0 amide bonds. The molecule has 2 heteroatoms. The predicted octanol–water partition coefficient (Wildman–Crippen LogP) is 3.71. The summed E-state index contributed by atoms with van der Waals surface area (Å²) < 4.78 is 12.9.